The number of hydrogen-bond donors (Lipinski definition) is 0. The van der Waals surface area contributed by atoms with Gasteiger partial charge < -0.3 is 4.74 Å². The Morgan fingerprint density at radius 3 is 2.26 bits per heavy atom. The molecule has 0 amide bonds. The van der Waals surface area contributed by atoms with Gasteiger partial charge in [-0.15, -0.1) is 0 Å². The molecule has 1 aromatic carbocycles. The van der Waals surface area contributed by atoms with Crippen LogP contribution in [0.25, 0.3) is 0 Å². The molecule has 102 valence electrons. The summed E-state index contributed by atoms with van der Waals surface area (Å²) in [6.07, 6.45) is 0. The number of benzene rings is 1. The van der Waals surface area contributed by atoms with Crippen LogP contribution in [0.1, 0.15) is 48.4 Å². The Morgan fingerprint density at radius 1 is 1.26 bits per heavy atom. The van der Waals surface area contributed by atoms with Crippen molar-refractivity contribution in [1.82, 2.24) is 0 Å². The van der Waals surface area contributed by atoms with E-state index < -0.39 is 28.0 Å². The molecular weight excluding hydrogens is 250 g/mol. The fraction of sp³-hybridized carbons (Fsp3) is 0.385. The van der Waals surface area contributed by atoms with E-state index >= 15 is 0 Å². The van der Waals surface area contributed by atoms with Crippen molar-refractivity contribution in [3.8, 4) is 0 Å². The summed E-state index contributed by atoms with van der Waals surface area (Å²) in [4.78, 5) is 33.8. The maximum Gasteiger partial charge on any atom is 0.346 e. The monoisotopic (exact) mass is 265 g/mol. The van der Waals surface area contributed by atoms with Gasteiger partial charge in [0.1, 0.15) is 11.2 Å². The highest BCUT2D eigenvalue weighted by molar-refractivity contribution is 6.07. The van der Waals surface area contributed by atoms with Crippen LogP contribution >= 0.6 is 0 Å². The van der Waals surface area contributed by atoms with Gasteiger partial charge in [0, 0.05) is 11.6 Å². The van der Waals surface area contributed by atoms with Gasteiger partial charge in [0.25, 0.3) is 5.69 Å². The van der Waals surface area contributed by atoms with Crippen molar-refractivity contribution in [1.29, 1.82) is 0 Å². The van der Waals surface area contributed by atoms with E-state index in [1.54, 1.807) is 20.8 Å². The first-order valence-corrected chi connectivity index (χ1v) is 5.65. The van der Waals surface area contributed by atoms with Gasteiger partial charge in [0.15, 0.2) is 5.78 Å². The maximum atomic E-state index is 12.0. The van der Waals surface area contributed by atoms with Gasteiger partial charge in [-0.05, 0) is 27.7 Å². The number of rotatable bonds is 3. The van der Waals surface area contributed by atoms with Gasteiger partial charge in [-0.2, -0.15) is 0 Å². The van der Waals surface area contributed by atoms with Crippen LogP contribution in [0.3, 0.4) is 0 Å². The first-order valence-electron chi connectivity index (χ1n) is 5.65. The standard InChI is InChI=1S/C13H15NO5/c1-8(15)9-6-5-7-10(14(17)18)11(9)12(16)19-13(2,3)4/h5-7H,1-4H3. The summed E-state index contributed by atoms with van der Waals surface area (Å²) < 4.78 is 5.11. The molecule has 0 atom stereocenters. The van der Waals surface area contributed by atoms with Gasteiger partial charge >= 0.3 is 5.97 Å². The van der Waals surface area contributed by atoms with E-state index in [-0.39, 0.29) is 11.1 Å². The van der Waals surface area contributed by atoms with Gasteiger partial charge in [-0.3, -0.25) is 14.9 Å². The van der Waals surface area contributed by atoms with Crippen LogP contribution in [0.15, 0.2) is 18.2 Å². The Labute approximate surface area is 110 Å². The lowest BCUT2D eigenvalue weighted by molar-refractivity contribution is -0.385. The normalized spacial score (nSPS) is 10.9. The summed E-state index contributed by atoms with van der Waals surface area (Å²) in [6.45, 7) is 6.18. The highest BCUT2D eigenvalue weighted by Gasteiger charge is 2.29. The number of hydrogen-bond acceptors (Lipinski definition) is 5. The molecule has 0 N–H and O–H groups in total. The number of nitro benzene ring substituents is 1. The maximum absolute atomic E-state index is 12.0. The van der Waals surface area contributed by atoms with E-state index in [1.165, 1.54) is 25.1 Å². The van der Waals surface area contributed by atoms with Crippen molar-refractivity contribution in [3.05, 3.63) is 39.4 Å². The Hall–Kier alpha value is -2.24. The molecule has 0 aliphatic rings. The number of esters is 1. The second-order valence-electron chi connectivity index (χ2n) is 5.01. The molecule has 0 aliphatic carbocycles. The third-order valence-corrected chi connectivity index (χ3v) is 2.22. The molecule has 0 saturated heterocycles. The molecular formula is C13H15NO5. The number of nitrogens with zero attached hydrogens (tertiary/aromatic N) is 1. The lowest BCUT2D eigenvalue weighted by Gasteiger charge is -2.20. The van der Waals surface area contributed by atoms with Crippen LogP contribution in [0.4, 0.5) is 5.69 Å². The van der Waals surface area contributed by atoms with Crippen molar-refractivity contribution in [2.75, 3.05) is 0 Å². The molecule has 0 radical (unpaired) electrons. The van der Waals surface area contributed by atoms with E-state index in [4.69, 9.17) is 4.74 Å². The summed E-state index contributed by atoms with van der Waals surface area (Å²) in [6, 6.07) is 3.91. The van der Waals surface area contributed by atoms with E-state index in [0.717, 1.165) is 0 Å². The van der Waals surface area contributed by atoms with Crippen molar-refractivity contribution in [3.63, 3.8) is 0 Å². The zero-order valence-electron chi connectivity index (χ0n) is 11.2. The minimum Gasteiger partial charge on any atom is -0.456 e. The molecule has 0 spiro atoms. The number of Topliss-reactive ketones (excluding diaryl/α,β-unsaturated/α-hetero) is 1. The Morgan fingerprint density at radius 2 is 1.84 bits per heavy atom. The third-order valence-electron chi connectivity index (χ3n) is 2.22. The van der Waals surface area contributed by atoms with Crippen molar-refractivity contribution < 1.29 is 19.2 Å². The summed E-state index contributed by atoms with van der Waals surface area (Å²) in [5, 5.41) is 11.0. The summed E-state index contributed by atoms with van der Waals surface area (Å²) in [5.41, 5.74) is -1.53. The molecule has 1 aromatic rings. The number of carbonyl (C=O) groups excluding carboxylic acids is 2. The second-order valence-corrected chi connectivity index (χ2v) is 5.01. The van der Waals surface area contributed by atoms with Crippen LogP contribution in [-0.2, 0) is 4.74 Å². The fourth-order valence-electron chi connectivity index (χ4n) is 1.53. The molecule has 0 bridgehead atoms. The van der Waals surface area contributed by atoms with Crippen LogP contribution in [0.5, 0.6) is 0 Å². The van der Waals surface area contributed by atoms with Gasteiger partial charge in [0.2, 0.25) is 0 Å². The van der Waals surface area contributed by atoms with Crippen molar-refractivity contribution in [2.45, 2.75) is 33.3 Å². The highest BCUT2D eigenvalue weighted by Crippen LogP contribution is 2.25. The predicted molar refractivity (Wildman–Crippen MR) is 68.3 cm³/mol. The van der Waals surface area contributed by atoms with Gasteiger partial charge in [-0.25, -0.2) is 4.79 Å². The second kappa shape index (κ2) is 5.17. The summed E-state index contributed by atoms with van der Waals surface area (Å²) in [5.74, 6) is -1.30. The Balaban J connectivity index is 3.41. The van der Waals surface area contributed by atoms with E-state index in [2.05, 4.69) is 0 Å². The minimum atomic E-state index is -0.870. The molecule has 0 aliphatic heterocycles. The lowest BCUT2D eigenvalue weighted by atomic mass is 10.0. The van der Waals surface area contributed by atoms with Gasteiger partial charge in [0.05, 0.1) is 4.92 Å². The zero-order chi connectivity index (χ0) is 14.8. The lowest BCUT2D eigenvalue weighted by Crippen LogP contribution is -2.25. The van der Waals surface area contributed by atoms with Gasteiger partial charge in [-0.1, -0.05) is 12.1 Å². The van der Waals surface area contributed by atoms with Crippen LogP contribution in [0, 0.1) is 10.1 Å². The molecule has 0 fully saturated rings. The molecule has 0 unspecified atom stereocenters. The van der Waals surface area contributed by atoms with Crippen LogP contribution in [0.2, 0.25) is 0 Å². The van der Waals surface area contributed by atoms with Crippen LogP contribution < -0.4 is 0 Å². The number of nitro groups is 1. The molecule has 6 heteroatoms. The number of ether oxygens (including phenoxy) is 1. The predicted octanol–water partition coefficient (Wildman–Crippen LogP) is 2.75. The van der Waals surface area contributed by atoms with E-state index in [1.807, 2.05) is 0 Å². The third kappa shape index (κ3) is 3.61. The first-order chi connectivity index (χ1) is 8.63. The van der Waals surface area contributed by atoms with Crippen molar-refractivity contribution in [2.24, 2.45) is 0 Å². The minimum absolute atomic E-state index is 0.0107. The largest absolute Gasteiger partial charge is 0.456 e. The van der Waals surface area contributed by atoms with E-state index in [0.29, 0.717) is 0 Å². The molecule has 0 heterocycles. The molecule has 0 aromatic heterocycles. The number of carbonyl (C=O) groups is 2. The molecule has 1 rings (SSSR count). The number of ketones is 1. The van der Waals surface area contributed by atoms with E-state index in [9.17, 15) is 19.7 Å². The molecule has 19 heavy (non-hydrogen) atoms. The quantitative estimate of drug-likeness (QED) is 0.363. The van der Waals surface area contributed by atoms with Crippen LogP contribution in [-0.4, -0.2) is 22.3 Å². The molecule has 6 nitrogen and oxygen atoms in total. The first kappa shape index (κ1) is 14.8. The zero-order valence-corrected chi connectivity index (χ0v) is 11.2. The SMILES string of the molecule is CC(=O)c1cccc([N+](=O)[O-])c1C(=O)OC(C)(C)C. The summed E-state index contributed by atoms with van der Waals surface area (Å²) >= 11 is 0. The highest BCUT2D eigenvalue weighted by atomic mass is 16.6. The average Bonchev–Trinajstić information content (AvgIpc) is 2.25. The van der Waals surface area contributed by atoms with Crippen molar-refractivity contribution >= 4 is 17.4 Å². The summed E-state index contributed by atoms with van der Waals surface area (Å²) in [7, 11) is 0. The molecule has 0 saturated carbocycles. The Bertz CT molecular complexity index is 510. The smallest absolute Gasteiger partial charge is 0.346 e. The fourth-order valence-corrected chi connectivity index (χ4v) is 1.53. The topological polar surface area (TPSA) is 86.5 Å². The average molecular weight is 265 g/mol. The Kier molecular flexibility index (Phi) is 4.04.